The molecule has 0 saturated carbocycles. The first-order valence-electron chi connectivity index (χ1n) is 11.5. The van der Waals surface area contributed by atoms with Gasteiger partial charge in [-0.25, -0.2) is 9.67 Å². The minimum Gasteiger partial charge on any atom is -0.321 e. The maximum atomic E-state index is 13.2. The lowest BCUT2D eigenvalue weighted by molar-refractivity contribution is 0.102. The zero-order valence-corrected chi connectivity index (χ0v) is 19.1. The summed E-state index contributed by atoms with van der Waals surface area (Å²) in [5.74, 6) is 5.72. The van der Waals surface area contributed by atoms with Crippen LogP contribution < -0.4 is 10.9 Å². The van der Waals surface area contributed by atoms with Crippen molar-refractivity contribution in [2.45, 2.75) is 39.2 Å². The fourth-order valence-electron chi connectivity index (χ4n) is 3.68. The monoisotopic (exact) mass is 450 g/mol. The van der Waals surface area contributed by atoms with E-state index in [2.05, 4.69) is 34.2 Å². The number of anilines is 1. The smallest absolute Gasteiger partial charge is 0.276 e. The number of rotatable bonds is 7. The predicted octanol–water partition coefficient (Wildman–Crippen LogP) is 5.02. The molecule has 0 spiro atoms. The average molecular weight is 451 g/mol. The molecule has 0 saturated heterocycles. The predicted molar refractivity (Wildman–Crippen MR) is 135 cm³/mol. The molecular formula is C28H26N4O2. The molecule has 6 heteroatoms. The van der Waals surface area contributed by atoms with Gasteiger partial charge in [-0.2, -0.15) is 5.10 Å². The van der Waals surface area contributed by atoms with E-state index in [1.165, 1.54) is 4.68 Å². The van der Waals surface area contributed by atoms with E-state index in [-0.39, 0.29) is 17.2 Å². The Morgan fingerprint density at radius 2 is 1.76 bits per heavy atom. The summed E-state index contributed by atoms with van der Waals surface area (Å²) in [5, 5.41) is 8.40. The van der Waals surface area contributed by atoms with Crippen LogP contribution in [-0.2, 0) is 6.54 Å². The zero-order valence-electron chi connectivity index (χ0n) is 19.1. The molecule has 4 rings (SSSR count). The van der Waals surface area contributed by atoms with Crippen molar-refractivity contribution < 1.29 is 4.79 Å². The lowest BCUT2D eigenvalue weighted by atomic mass is 10.1. The van der Waals surface area contributed by atoms with Gasteiger partial charge in [0.2, 0.25) is 0 Å². The van der Waals surface area contributed by atoms with Gasteiger partial charge in [-0.15, -0.1) is 0 Å². The molecule has 1 amide bonds. The van der Waals surface area contributed by atoms with Crippen LogP contribution in [-0.4, -0.2) is 20.7 Å². The summed E-state index contributed by atoms with van der Waals surface area (Å²) >= 11 is 0. The van der Waals surface area contributed by atoms with Crippen molar-refractivity contribution in [3.63, 3.8) is 0 Å². The number of aromatic nitrogens is 3. The molecule has 0 aliphatic rings. The van der Waals surface area contributed by atoms with Crippen LogP contribution in [0.1, 0.15) is 54.4 Å². The largest absolute Gasteiger partial charge is 0.321 e. The molecule has 1 N–H and O–H groups in total. The van der Waals surface area contributed by atoms with E-state index < -0.39 is 0 Å². The quantitative estimate of drug-likeness (QED) is 0.317. The van der Waals surface area contributed by atoms with E-state index >= 15 is 0 Å². The number of hydrogen-bond acceptors (Lipinski definition) is 4. The first-order chi connectivity index (χ1) is 16.7. The summed E-state index contributed by atoms with van der Waals surface area (Å²) in [6.45, 7) is 2.63. The lowest BCUT2D eigenvalue weighted by Gasteiger charge is -2.11. The number of unbranched alkanes of at least 4 members (excludes halogenated alkanes) is 3. The molecule has 0 aliphatic heterocycles. The highest BCUT2D eigenvalue weighted by atomic mass is 16.2. The van der Waals surface area contributed by atoms with Crippen molar-refractivity contribution in [2.24, 2.45) is 0 Å². The van der Waals surface area contributed by atoms with Crippen molar-refractivity contribution in [1.82, 2.24) is 14.8 Å². The van der Waals surface area contributed by atoms with Crippen LogP contribution in [0.15, 0.2) is 77.7 Å². The SMILES string of the molecule is CCCCCCn1nc(C(=O)Nc2cccc(C#Cc3ccccn3)c2)c2ccccc2c1=O. The highest BCUT2D eigenvalue weighted by Crippen LogP contribution is 2.17. The second-order valence-corrected chi connectivity index (χ2v) is 7.98. The number of hydrogen-bond donors (Lipinski definition) is 1. The highest BCUT2D eigenvalue weighted by molar-refractivity contribution is 6.11. The Balaban J connectivity index is 1.60. The number of nitrogens with one attached hydrogen (secondary N) is 1. The van der Waals surface area contributed by atoms with Gasteiger partial charge in [0.1, 0.15) is 5.69 Å². The van der Waals surface area contributed by atoms with E-state index in [1.54, 1.807) is 42.6 Å². The van der Waals surface area contributed by atoms with Crippen LogP contribution in [0.2, 0.25) is 0 Å². The van der Waals surface area contributed by atoms with Crippen molar-refractivity contribution >= 4 is 22.4 Å². The summed E-state index contributed by atoms with van der Waals surface area (Å²) in [4.78, 5) is 30.3. The number of pyridine rings is 1. The van der Waals surface area contributed by atoms with Crippen LogP contribution in [0.4, 0.5) is 5.69 Å². The Hall–Kier alpha value is -4.24. The maximum absolute atomic E-state index is 13.2. The summed E-state index contributed by atoms with van der Waals surface area (Å²) in [6.07, 6.45) is 5.78. The third kappa shape index (κ3) is 5.57. The Labute approximate surface area is 198 Å². The van der Waals surface area contributed by atoms with E-state index in [4.69, 9.17) is 0 Å². The van der Waals surface area contributed by atoms with E-state index in [0.29, 0.717) is 28.7 Å². The Bertz CT molecular complexity index is 1420. The third-order valence-electron chi connectivity index (χ3n) is 5.43. The molecule has 2 aromatic carbocycles. The standard InChI is InChI=1S/C28H26N4O2/c1-2-3-4-9-19-32-28(34)25-15-6-5-14-24(25)26(31-32)27(33)30-23-13-10-11-21(20-23)16-17-22-12-7-8-18-29-22/h5-8,10-15,18,20H,2-4,9,19H2,1H3,(H,30,33). The molecule has 0 atom stereocenters. The molecule has 2 aromatic heterocycles. The Morgan fingerprint density at radius 3 is 2.56 bits per heavy atom. The van der Waals surface area contributed by atoms with Gasteiger partial charge in [0.25, 0.3) is 11.5 Å². The molecule has 0 unspecified atom stereocenters. The third-order valence-corrected chi connectivity index (χ3v) is 5.43. The van der Waals surface area contributed by atoms with Crippen molar-refractivity contribution in [3.8, 4) is 11.8 Å². The van der Waals surface area contributed by atoms with E-state index in [0.717, 1.165) is 31.2 Å². The molecule has 4 aromatic rings. The first kappa shape index (κ1) is 22.9. The van der Waals surface area contributed by atoms with Gasteiger partial charge in [0.05, 0.1) is 5.39 Å². The number of fused-ring (bicyclic) bond motifs is 1. The summed E-state index contributed by atoms with van der Waals surface area (Å²) in [5.41, 5.74) is 2.09. The molecule has 2 heterocycles. The first-order valence-corrected chi connectivity index (χ1v) is 11.5. The number of carbonyl (C=O) groups is 1. The molecule has 34 heavy (non-hydrogen) atoms. The van der Waals surface area contributed by atoms with Crippen LogP contribution in [0, 0.1) is 11.8 Å². The molecule has 0 bridgehead atoms. The Kier molecular flexibility index (Phi) is 7.46. The molecule has 0 aliphatic carbocycles. The minimum absolute atomic E-state index is 0.171. The van der Waals surface area contributed by atoms with Gasteiger partial charge < -0.3 is 5.32 Å². The molecule has 0 fully saturated rings. The summed E-state index contributed by atoms with van der Waals surface area (Å²) in [6, 6.07) is 20.0. The van der Waals surface area contributed by atoms with Gasteiger partial charge >= 0.3 is 0 Å². The summed E-state index contributed by atoms with van der Waals surface area (Å²) in [7, 11) is 0. The van der Waals surface area contributed by atoms with Crippen LogP contribution in [0.5, 0.6) is 0 Å². The van der Waals surface area contributed by atoms with Gasteiger partial charge in [-0.1, -0.05) is 62.4 Å². The van der Waals surface area contributed by atoms with E-state index in [1.807, 2.05) is 30.3 Å². The van der Waals surface area contributed by atoms with Crippen molar-refractivity contribution in [3.05, 3.63) is 100 Å². The van der Waals surface area contributed by atoms with Gasteiger partial charge in [-0.3, -0.25) is 9.59 Å². The number of aryl methyl sites for hydroxylation is 1. The fourth-order valence-corrected chi connectivity index (χ4v) is 3.68. The molecule has 6 nitrogen and oxygen atoms in total. The van der Waals surface area contributed by atoms with Crippen molar-refractivity contribution in [1.29, 1.82) is 0 Å². The van der Waals surface area contributed by atoms with Crippen LogP contribution in [0.25, 0.3) is 10.8 Å². The highest BCUT2D eigenvalue weighted by Gasteiger charge is 2.17. The topological polar surface area (TPSA) is 76.9 Å². The lowest BCUT2D eigenvalue weighted by Crippen LogP contribution is -2.27. The average Bonchev–Trinajstić information content (AvgIpc) is 2.87. The van der Waals surface area contributed by atoms with Gasteiger partial charge in [-0.05, 0) is 48.7 Å². The van der Waals surface area contributed by atoms with Gasteiger partial charge in [0, 0.05) is 29.4 Å². The summed E-state index contributed by atoms with van der Waals surface area (Å²) < 4.78 is 1.42. The molecular weight excluding hydrogens is 424 g/mol. The Morgan fingerprint density at radius 1 is 0.941 bits per heavy atom. The van der Waals surface area contributed by atoms with Gasteiger partial charge in [0.15, 0.2) is 5.69 Å². The number of carbonyl (C=O) groups excluding carboxylic acids is 1. The number of amides is 1. The van der Waals surface area contributed by atoms with Crippen LogP contribution >= 0.6 is 0 Å². The number of benzene rings is 2. The molecule has 0 radical (unpaired) electrons. The second-order valence-electron chi connectivity index (χ2n) is 7.98. The second kappa shape index (κ2) is 11.1. The van der Waals surface area contributed by atoms with E-state index in [9.17, 15) is 9.59 Å². The normalized spacial score (nSPS) is 10.5. The maximum Gasteiger partial charge on any atom is 0.276 e. The van der Waals surface area contributed by atoms with Crippen LogP contribution in [0.3, 0.4) is 0 Å². The number of nitrogens with zero attached hydrogens (tertiary/aromatic N) is 3. The fraction of sp³-hybridized carbons (Fsp3) is 0.214. The zero-order chi connectivity index (χ0) is 23.8. The minimum atomic E-state index is -0.367. The van der Waals surface area contributed by atoms with Crippen molar-refractivity contribution in [2.75, 3.05) is 5.32 Å². The molecule has 170 valence electrons.